The summed E-state index contributed by atoms with van der Waals surface area (Å²) in [4.78, 5) is 20.8. The molecule has 35 heavy (non-hydrogen) atoms. The molecule has 0 amide bonds. The summed E-state index contributed by atoms with van der Waals surface area (Å²) >= 11 is 0. The van der Waals surface area contributed by atoms with Gasteiger partial charge in [-0.25, -0.2) is 19.2 Å². The number of para-hydroxylation sites is 1. The molecule has 0 aliphatic rings. The Morgan fingerprint density at radius 2 is 1.86 bits per heavy atom. The first kappa shape index (κ1) is 22.3. The van der Waals surface area contributed by atoms with Crippen molar-refractivity contribution in [3.05, 3.63) is 108 Å². The Balaban J connectivity index is 1.69. The number of aryl methyl sites for hydroxylation is 1. The molecule has 0 aliphatic heterocycles. The van der Waals surface area contributed by atoms with Crippen molar-refractivity contribution in [3.8, 4) is 16.9 Å². The third-order valence-electron chi connectivity index (χ3n) is 5.99. The van der Waals surface area contributed by atoms with Crippen LogP contribution in [-0.2, 0) is 0 Å². The molecule has 3 aromatic carbocycles. The van der Waals surface area contributed by atoms with E-state index in [2.05, 4.69) is 22.4 Å². The van der Waals surface area contributed by atoms with Crippen molar-refractivity contribution in [1.29, 1.82) is 0 Å². The zero-order valence-electron chi connectivity index (χ0n) is 19.2. The first-order chi connectivity index (χ1) is 16.9. The molecule has 174 valence electrons. The maximum atomic E-state index is 13.7. The molecule has 0 bridgehead atoms. The van der Waals surface area contributed by atoms with Crippen molar-refractivity contribution in [2.24, 2.45) is 0 Å². The van der Waals surface area contributed by atoms with E-state index in [4.69, 9.17) is 4.98 Å². The maximum absolute atomic E-state index is 13.7. The SMILES string of the molecule is Cc1cc(C(C)Nc2ccccc2C(=O)O)c2cc(-c3ccc(F)cc3)c(-n3ccnc3)nc2c1. The Hall–Kier alpha value is -4.52. The van der Waals surface area contributed by atoms with Gasteiger partial charge in [0.25, 0.3) is 0 Å². The lowest BCUT2D eigenvalue weighted by Gasteiger charge is -2.21. The smallest absolute Gasteiger partial charge is 0.337 e. The van der Waals surface area contributed by atoms with Crippen molar-refractivity contribution in [3.63, 3.8) is 0 Å². The number of rotatable bonds is 6. The van der Waals surface area contributed by atoms with Gasteiger partial charge in [0.05, 0.1) is 11.1 Å². The molecule has 2 heterocycles. The van der Waals surface area contributed by atoms with Gasteiger partial charge in [0.15, 0.2) is 0 Å². The zero-order valence-corrected chi connectivity index (χ0v) is 19.2. The molecule has 6 nitrogen and oxygen atoms in total. The number of carboxylic acid groups (broad SMARTS) is 1. The Morgan fingerprint density at radius 3 is 2.57 bits per heavy atom. The van der Waals surface area contributed by atoms with Crippen molar-refractivity contribution >= 4 is 22.6 Å². The topological polar surface area (TPSA) is 80.0 Å². The third kappa shape index (κ3) is 4.36. The van der Waals surface area contributed by atoms with E-state index in [0.717, 1.165) is 33.2 Å². The fourth-order valence-corrected chi connectivity index (χ4v) is 4.33. The molecule has 2 aromatic heterocycles. The number of hydrogen-bond donors (Lipinski definition) is 2. The second kappa shape index (κ2) is 9.02. The molecule has 1 unspecified atom stereocenters. The van der Waals surface area contributed by atoms with Gasteiger partial charge in [0, 0.05) is 35.1 Å². The molecule has 5 aromatic rings. The second-order valence-corrected chi connectivity index (χ2v) is 8.47. The first-order valence-electron chi connectivity index (χ1n) is 11.2. The summed E-state index contributed by atoms with van der Waals surface area (Å²) in [5.41, 5.74) is 5.23. The van der Waals surface area contributed by atoms with Gasteiger partial charge in [0.2, 0.25) is 0 Å². The van der Waals surface area contributed by atoms with Crippen LogP contribution in [-0.4, -0.2) is 25.6 Å². The van der Waals surface area contributed by atoms with E-state index in [1.165, 1.54) is 12.1 Å². The summed E-state index contributed by atoms with van der Waals surface area (Å²) < 4.78 is 15.5. The number of halogens is 1. The Kier molecular flexibility index (Phi) is 5.74. The number of imidazole rings is 1. The lowest BCUT2D eigenvalue weighted by molar-refractivity contribution is 0.0698. The van der Waals surface area contributed by atoms with Crippen molar-refractivity contribution in [2.75, 3.05) is 5.32 Å². The van der Waals surface area contributed by atoms with Gasteiger partial charge in [-0.2, -0.15) is 0 Å². The molecular formula is C28H23FN4O2. The number of anilines is 1. The van der Waals surface area contributed by atoms with Crippen LogP contribution in [0.4, 0.5) is 10.1 Å². The van der Waals surface area contributed by atoms with Crippen LogP contribution in [0.5, 0.6) is 0 Å². The Morgan fingerprint density at radius 1 is 1.09 bits per heavy atom. The molecule has 7 heteroatoms. The fourth-order valence-electron chi connectivity index (χ4n) is 4.33. The number of carbonyl (C=O) groups is 1. The number of hydrogen-bond acceptors (Lipinski definition) is 4. The highest BCUT2D eigenvalue weighted by atomic mass is 19.1. The van der Waals surface area contributed by atoms with E-state index in [-0.39, 0.29) is 17.4 Å². The van der Waals surface area contributed by atoms with Crippen molar-refractivity contribution in [2.45, 2.75) is 19.9 Å². The normalized spacial score (nSPS) is 12.0. The van der Waals surface area contributed by atoms with Gasteiger partial charge in [-0.15, -0.1) is 0 Å². The summed E-state index contributed by atoms with van der Waals surface area (Å²) in [5.74, 6) is -0.604. The van der Waals surface area contributed by atoms with Crippen LogP contribution in [0.3, 0.4) is 0 Å². The molecule has 1 atom stereocenters. The molecule has 5 rings (SSSR count). The van der Waals surface area contributed by atoms with Gasteiger partial charge in [-0.3, -0.25) is 4.57 Å². The molecule has 0 radical (unpaired) electrons. The monoisotopic (exact) mass is 466 g/mol. The van der Waals surface area contributed by atoms with E-state index in [0.29, 0.717) is 11.5 Å². The van der Waals surface area contributed by atoms with Crippen LogP contribution in [0.1, 0.15) is 34.5 Å². The summed E-state index contributed by atoms with van der Waals surface area (Å²) in [6.07, 6.45) is 5.20. The highest BCUT2D eigenvalue weighted by Gasteiger charge is 2.18. The van der Waals surface area contributed by atoms with Gasteiger partial charge >= 0.3 is 5.97 Å². The molecule has 2 N–H and O–H groups in total. The number of nitrogens with zero attached hydrogens (tertiary/aromatic N) is 3. The fraction of sp³-hybridized carbons (Fsp3) is 0.107. The van der Waals surface area contributed by atoms with Crippen LogP contribution >= 0.6 is 0 Å². The summed E-state index contributed by atoms with van der Waals surface area (Å²) in [7, 11) is 0. The summed E-state index contributed by atoms with van der Waals surface area (Å²) in [6.45, 7) is 4.00. The average molecular weight is 467 g/mol. The molecule has 0 spiro atoms. The van der Waals surface area contributed by atoms with Crippen LogP contribution in [0.25, 0.3) is 27.8 Å². The van der Waals surface area contributed by atoms with Crippen molar-refractivity contribution < 1.29 is 14.3 Å². The second-order valence-electron chi connectivity index (χ2n) is 8.47. The predicted molar refractivity (Wildman–Crippen MR) is 134 cm³/mol. The van der Waals surface area contributed by atoms with E-state index in [1.54, 1.807) is 48.9 Å². The lowest BCUT2D eigenvalue weighted by atomic mass is 9.96. The van der Waals surface area contributed by atoms with E-state index in [9.17, 15) is 14.3 Å². The molecular weight excluding hydrogens is 443 g/mol. The number of pyridine rings is 1. The highest BCUT2D eigenvalue weighted by Crippen LogP contribution is 2.34. The molecule has 0 saturated heterocycles. The maximum Gasteiger partial charge on any atom is 0.337 e. The van der Waals surface area contributed by atoms with E-state index in [1.807, 2.05) is 30.7 Å². The zero-order chi connectivity index (χ0) is 24.5. The standard InChI is InChI=1S/C28H23FN4O2/c1-17-13-22(18(2)31-25-6-4-3-5-21(25)28(34)35)24-15-23(19-7-9-20(29)10-8-19)27(32-26(24)14-17)33-12-11-30-16-33/h3-16,18,31H,1-2H3,(H,34,35). The summed E-state index contributed by atoms with van der Waals surface area (Å²) in [6, 6.07) is 19.1. The Labute approximate surface area is 201 Å². The number of carboxylic acids is 1. The third-order valence-corrected chi connectivity index (χ3v) is 5.99. The van der Waals surface area contributed by atoms with Gasteiger partial charge in [-0.05, 0) is 66.9 Å². The van der Waals surface area contributed by atoms with Crippen molar-refractivity contribution in [1.82, 2.24) is 14.5 Å². The van der Waals surface area contributed by atoms with E-state index >= 15 is 0 Å². The molecule has 0 saturated carbocycles. The van der Waals surface area contributed by atoms with Gasteiger partial charge < -0.3 is 10.4 Å². The van der Waals surface area contributed by atoms with Gasteiger partial charge in [0.1, 0.15) is 18.0 Å². The lowest BCUT2D eigenvalue weighted by Crippen LogP contribution is -2.12. The minimum atomic E-state index is -0.986. The quantitative estimate of drug-likeness (QED) is 0.302. The highest BCUT2D eigenvalue weighted by molar-refractivity contribution is 5.95. The number of benzene rings is 3. The first-order valence-corrected chi connectivity index (χ1v) is 11.2. The Bertz CT molecular complexity index is 1530. The van der Waals surface area contributed by atoms with Crippen LogP contribution in [0.15, 0.2) is 85.5 Å². The summed E-state index contributed by atoms with van der Waals surface area (Å²) in [5, 5.41) is 13.9. The van der Waals surface area contributed by atoms with E-state index < -0.39 is 5.97 Å². The van der Waals surface area contributed by atoms with Crippen LogP contribution in [0.2, 0.25) is 0 Å². The number of fused-ring (bicyclic) bond motifs is 1. The number of aromatic nitrogens is 3. The largest absolute Gasteiger partial charge is 0.478 e. The minimum Gasteiger partial charge on any atom is -0.478 e. The number of aromatic carboxylic acids is 1. The number of nitrogens with one attached hydrogen (secondary N) is 1. The molecule has 0 aliphatic carbocycles. The van der Waals surface area contributed by atoms with Crippen LogP contribution < -0.4 is 5.32 Å². The van der Waals surface area contributed by atoms with Crippen LogP contribution in [0, 0.1) is 12.7 Å². The minimum absolute atomic E-state index is 0.208. The van der Waals surface area contributed by atoms with Gasteiger partial charge in [-0.1, -0.05) is 30.3 Å². The predicted octanol–water partition coefficient (Wildman–Crippen LogP) is 6.41. The molecule has 0 fully saturated rings. The average Bonchev–Trinajstić information content (AvgIpc) is 3.38.